The van der Waals surface area contributed by atoms with Gasteiger partial charge in [-0.25, -0.2) is 4.98 Å². The molecule has 3 aromatic rings. The molecule has 0 N–H and O–H groups in total. The summed E-state index contributed by atoms with van der Waals surface area (Å²) in [4.78, 5) is 34.0. The van der Waals surface area contributed by atoms with E-state index in [0.29, 0.717) is 24.5 Å². The van der Waals surface area contributed by atoms with Crippen molar-refractivity contribution in [3.8, 4) is 0 Å². The number of esters is 1. The van der Waals surface area contributed by atoms with Crippen molar-refractivity contribution in [3.05, 3.63) is 54.0 Å². The highest BCUT2D eigenvalue weighted by Crippen LogP contribution is 2.39. The van der Waals surface area contributed by atoms with Crippen LogP contribution in [0.4, 0.5) is 0 Å². The van der Waals surface area contributed by atoms with Gasteiger partial charge in [-0.05, 0) is 24.4 Å². The number of nitrogens with zero attached hydrogens (tertiary/aromatic N) is 2. The number of ketones is 1. The maximum atomic E-state index is 12.7. The standard InChI is InChI=1S/C20H16N2O3S/c1-2-25-17(24)8-10-26-16-11-15(23)19-18-13(7-9-21-20(16)18)12-5-3-4-6-14(12)22-19/h3-7,9,11H,2,8,10H2,1H3. The molecule has 0 spiro atoms. The van der Waals surface area contributed by atoms with Crippen LogP contribution < -0.4 is 0 Å². The molecule has 5 nitrogen and oxygen atoms in total. The van der Waals surface area contributed by atoms with Crippen LogP contribution in [-0.4, -0.2) is 34.1 Å². The Hall–Kier alpha value is -2.73. The Kier molecular flexibility index (Phi) is 4.42. The van der Waals surface area contributed by atoms with E-state index in [0.717, 1.165) is 32.3 Å². The van der Waals surface area contributed by atoms with Crippen molar-refractivity contribution in [1.82, 2.24) is 9.97 Å². The lowest BCUT2D eigenvalue weighted by Gasteiger charge is -2.17. The average Bonchev–Trinajstić information content (AvgIpc) is 2.65. The Balaban J connectivity index is 1.75. The van der Waals surface area contributed by atoms with E-state index in [9.17, 15) is 9.59 Å². The van der Waals surface area contributed by atoms with Gasteiger partial charge in [-0.15, -0.1) is 11.8 Å². The van der Waals surface area contributed by atoms with Crippen molar-refractivity contribution in [2.75, 3.05) is 12.4 Å². The number of carbonyl (C=O) groups is 2. The third-order valence-electron chi connectivity index (χ3n) is 4.21. The molecule has 0 fully saturated rings. The van der Waals surface area contributed by atoms with E-state index in [4.69, 9.17) is 4.74 Å². The molecule has 130 valence electrons. The van der Waals surface area contributed by atoms with Crippen molar-refractivity contribution in [3.63, 3.8) is 0 Å². The minimum atomic E-state index is -0.234. The molecule has 1 aliphatic rings. The average molecular weight is 364 g/mol. The fraction of sp³-hybridized carbons (Fsp3) is 0.200. The van der Waals surface area contributed by atoms with Gasteiger partial charge in [0.25, 0.3) is 0 Å². The van der Waals surface area contributed by atoms with Crippen LogP contribution in [0.1, 0.15) is 29.5 Å². The second-order valence-corrected chi connectivity index (χ2v) is 6.97. The molecule has 4 rings (SSSR count). The third kappa shape index (κ3) is 2.86. The molecule has 1 aliphatic carbocycles. The molecule has 6 heteroatoms. The molecule has 0 aliphatic heterocycles. The van der Waals surface area contributed by atoms with E-state index in [1.807, 2.05) is 30.3 Å². The lowest BCUT2D eigenvalue weighted by molar-refractivity contribution is -0.142. The topological polar surface area (TPSA) is 69.2 Å². The molecular formula is C20H16N2O3S. The number of hydrogen-bond donors (Lipinski definition) is 0. The van der Waals surface area contributed by atoms with E-state index >= 15 is 0 Å². The second-order valence-electron chi connectivity index (χ2n) is 5.84. The van der Waals surface area contributed by atoms with Gasteiger partial charge in [-0.3, -0.25) is 14.6 Å². The zero-order valence-electron chi connectivity index (χ0n) is 14.2. The zero-order valence-corrected chi connectivity index (χ0v) is 15.0. The largest absolute Gasteiger partial charge is 0.466 e. The van der Waals surface area contributed by atoms with Crippen molar-refractivity contribution in [1.29, 1.82) is 0 Å². The Morgan fingerprint density at radius 3 is 2.85 bits per heavy atom. The number of ether oxygens (including phenoxy) is 1. The molecule has 26 heavy (non-hydrogen) atoms. The maximum absolute atomic E-state index is 12.7. The number of carbonyl (C=O) groups excluding carboxylic acids is 2. The van der Waals surface area contributed by atoms with Gasteiger partial charge in [0.1, 0.15) is 5.69 Å². The summed E-state index contributed by atoms with van der Waals surface area (Å²) >= 11 is 1.45. The van der Waals surface area contributed by atoms with Crippen LogP contribution in [0.15, 0.2) is 42.6 Å². The van der Waals surface area contributed by atoms with Crippen LogP contribution in [0.2, 0.25) is 0 Å². The summed E-state index contributed by atoms with van der Waals surface area (Å²) in [6, 6.07) is 9.71. The Bertz CT molecular complexity index is 1080. The van der Waals surface area contributed by atoms with Crippen LogP contribution in [0.3, 0.4) is 0 Å². The summed E-state index contributed by atoms with van der Waals surface area (Å²) < 4.78 is 4.95. The lowest BCUT2D eigenvalue weighted by atomic mass is 9.97. The van der Waals surface area contributed by atoms with Gasteiger partial charge in [0.2, 0.25) is 5.78 Å². The summed E-state index contributed by atoms with van der Waals surface area (Å²) in [5, 5.41) is 2.76. The minimum absolute atomic E-state index is 0.125. The molecule has 0 unspecified atom stereocenters. The predicted molar refractivity (Wildman–Crippen MR) is 103 cm³/mol. The monoisotopic (exact) mass is 364 g/mol. The number of fused-ring (bicyclic) bond motifs is 2. The maximum Gasteiger partial charge on any atom is 0.306 e. The van der Waals surface area contributed by atoms with Crippen molar-refractivity contribution < 1.29 is 14.3 Å². The molecule has 0 bridgehead atoms. The first-order valence-corrected chi connectivity index (χ1v) is 9.40. The van der Waals surface area contributed by atoms with Gasteiger partial charge in [0.05, 0.1) is 24.2 Å². The van der Waals surface area contributed by atoms with Crippen molar-refractivity contribution in [2.45, 2.75) is 13.3 Å². The number of benzene rings is 1. The first-order chi connectivity index (χ1) is 12.7. The second kappa shape index (κ2) is 6.88. The highest BCUT2D eigenvalue weighted by Gasteiger charge is 2.24. The van der Waals surface area contributed by atoms with Gasteiger partial charge >= 0.3 is 5.97 Å². The predicted octanol–water partition coefficient (Wildman–Crippen LogP) is 4.01. The molecule has 0 atom stereocenters. The number of aromatic nitrogens is 2. The highest BCUT2D eigenvalue weighted by molar-refractivity contribution is 8.08. The van der Waals surface area contributed by atoms with Crippen LogP contribution in [0, 0.1) is 0 Å². The molecule has 0 saturated carbocycles. The van der Waals surface area contributed by atoms with E-state index in [2.05, 4.69) is 9.97 Å². The number of para-hydroxylation sites is 1. The normalized spacial score (nSPS) is 13.1. The van der Waals surface area contributed by atoms with E-state index < -0.39 is 0 Å². The van der Waals surface area contributed by atoms with E-state index in [-0.39, 0.29) is 11.8 Å². The Morgan fingerprint density at radius 1 is 1.15 bits per heavy atom. The lowest BCUT2D eigenvalue weighted by Crippen LogP contribution is -2.10. The third-order valence-corrected chi connectivity index (χ3v) is 5.24. The van der Waals surface area contributed by atoms with E-state index in [1.165, 1.54) is 11.8 Å². The minimum Gasteiger partial charge on any atom is -0.466 e. The zero-order chi connectivity index (χ0) is 18.1. The van der Waals surface area contributed by atoms with E-state index in [1.54, 1.807) is 19.2 Å². The Morgan fingerprint density at radius 2 is 2.00 bits per heavy atom. The fourth-order valence-corrected chi connectivity index (χ4v) is 4.08. The van der Waals surface area contributed by atoms with Crippen LogP contribution in [0.25, 0.3) is 26.6 Å². The van der Waals surface area contributed by atoms with Crippen molar-refractivity contribution in [2.24, 2.45) is 0 Å². The summed E-state index contributed by atoms with van der Waals surface area (Å²) in [6.07, 6.45) is 3.62. The summed E-state index contributed by atoms with van der Waals surface area (Å²) in [5.41, 5.74) is 1.99. The summed E-state index contributed by atoms with van der Waals surface area (Å²) in [6.45, 7) is 2.16. The molecule has 2 heterocycles. The van der Waals surface area contributed by atoms with Crippen LogP contribution in [-0.2, 0) is 9.53 Å². The molecular weight excluding hydrogens is 348 g/mol. The smallest absolute Gasteiger partial charge is 0.306 e. The first kappa shape index (κ1) is 16.7. The SMILES string of the molecule is CCOC(=O)CCSC1=CC(=O)c2nc3ccccc3c3ccnc1c23. The molecule has 0 amide bonds. The number of rotatable bonds is 5. The number of pyridine rings is 2. The summed E-state index contributed by atoms with van der Waals surface area (Å²) in [7, 11) is 0. The summed E-state index contributed by atoms with van der Waals surface area (Å²) in [5.74, 6) is 0.175. The molecule has 0 saturated heterocycles. The number of hydrogen-bond acceptors (Lipinski definition) is 6. The van der Waals surface area contributed by atoms with Crippen LogP contribution >= 0.6 is 11.8 Å². The van der Waals surface area contributed by atoms with Gasteiger partial charge in [0.15, 0.2) is 0 Å². The van der Waals surface area contributed by atoms with Gasteiger partial charge in [-0.2, -0.15) is 0 Å². The molecule has 2 aromatic heterocycles. The van der Waals surface area contributed by atoms with Gasteiger partial charge in [0, 0.05) is 33.7 Å². The number of thioether (sulfide) groups is 1. The quantitative estimate of drug-likeness (QED) is 0.503. The Labute approximate surface area is 154 Å². The van der Waals surface area contributed by atoms with Crippen LogP contribution in [0.5, 0.6) is 0 Å². The highest BCUT2D eigenvalue weighted by atomic mass is 32.2. The van der Waals surface area contributed by atoms with Gasteiger partial charge < -0.3 is 4.74 Å². The molecule has 1 aromatic carbocycles. The molecule has 0 radical (unpaired) electrons. The first-order valence-electron chi connectivity index (χ1n) is 8.41. The van der Waals surface area contributed by atoms with Crippen molar-refractivity contribution >= 4 is 50.1 Å². The van der Waals surface area contributed by atoms with Gasteiger partial charge in [-0.1, -0.05) is 18.2 Å². The fourth-order valence-electron chi connectivity index (χ4n) is 3.11. The number of allylic oxidation sites excluding steroid dienone is 1.